The van der Waals surface area contributed by atoms with Gasteiger partial charge < -0.3 is 0 Å². The summed E-state index contributed by atoms with van der Waals surface area (Å²) in [6, 6.07) is 12.9. The molecular weight excluding hydrogens is 270 g/mol. The number of carbonyl (C=O) groups is 1. The Morgan fingerprint density at radius 3 is 2.62 bits per heavy atom. The number of nitrogens with one attached hydrogen (secondary N) is 1. The second-order valence-corrected chi connectivity index (χ2v) is 4.19. The summed E-state index contributed by atoms with van der Waals surface area (Å²) in [4.78, 5) is 19.7. The fraction of sp³-hybridized carbons (Fsp3) is 0. The van der Waals surface area contributed by atoms with E-state index in [0.717, 1.165) is 5.56 Å². The minimum absolute atomic E-state index is 0.125. The SMILES string of the molecule is O=C(NO)c1nc(-c2ccccc2)n(-c2cccnc2)n1. The van der Waals surface area contributed by atoms with E-state index in [1.807, 2.05) is 30.3 Å². The van der Waals surface area contributed by atoms with Gasteiger partial charge in [-0.3, -0.25) is 15.0 Å². The summed E-state index contributed by atoms with van der Waals surface area (Å²) in [6.45, 7) is 0. The molecule has 7 heteroatoms. The largest absolute Gasteiger partial charge is 0.314 e. The third kappa shape index (κ3) is 2.49. The number of hydroxylamine groups is 1. The number of amides is 1. The molecule has 1 aromatic carbocycles. The highest BCUT2D eigenvalue weighted by atomic mass is 16.5. The van der Waals surface area contributed by atoms with Crippen LogP contribution < -0.4 is 5.48 Å². The lowest BCUT2D eigenvalue weighted by atomic mass is 10.2. The summed E-state index contributed by atoms with van der Waals surface area (Å²) in [5.74, 6) is -0.405. The van der Waals surface area contributed by atoms with Crippen molar-refractivity contribution >= 4 is 5.91 Å². The lowest BCUT2D eigenvalue weighted by Crippen LogP contribution is -2.20. The normalized spacial score (nSPS) is 10.3. The van der Waals surface area contributed by atoms with Crippen LogP contribution in [0.5, 0.6) is 0 Å². The number of hydrogen-bond acceptors (Lipinski definition) is 5. The molecule has 0 aliphatic carbocycles. The van der Waals surface area contributed by atoms with Crippen LogP contribution in [0, 0.1) is 0 Å². The molecule has 0 aliphatic rings. The van der Waals surface area contributed by atoms with Crippen LogP contribution in [-0.2, 0) is 0 Å². The van der Waals surface area contributed by atoms with Crippen molar-refractivity contribution in [2.45, 2.75) is 0 Å². The molecule has 0 aliphatic heterocycles. The van der Waals surface area contributed by atoms with E-state index in [0.29, 0.717) is 11.5 Å². The molecule has 0 atom stereocenters. The summed E-state index contributed by atoms with van der Waals surface area (Å²) in [6.07, 6.45) is 3.26. The van der Waals surface area contributed by atoms with Crippen LogP contribution >= 0.6 is 0 Å². The topological polar surface area (TPSA) is 92.9 Å². The zero-order valence-corrected chi connectivity index (χ0v) is 10.8. The summed E-state index contributed by atoms with van der Waals surface area (Å²) in [7, 11) is 0. The third-order valence-corrected chi connectivity index (χ3v) is 2.83. The van der Waals surface area contributed by atoms with Gasteiger partial charge in [0.2, 0.25) is 5.82 Å². The lowest BCUT2D eigenvalue weighted by molar-refractivity contribution is 0.0695. The highest BCUT2D eigenvalue weighted by Gasteiger charge is 2.18. The lowest BCUT2D eigenvalue weighted by Gasteiger charge is -2.04. The zero-order chi connectivity index (χ0) is 14.7. The number of aromatic nitrogens is 4. The quantitative estimate of drug-likeness (QED) is 0.560. The third-order valence-electron chi connectivity index (χ3n) is 2.83. The van der Waals surface area contributed by atoms with Gasteiger partial charge in [-0.25, -0.2) is 15.1 Å². The highest BCUT2D eigenvalue weighted by Crippen LogP contribution is 2.20. The second kappa shape index (κ2) is 5.51. The molecule has 0 fully saturated rings. The van der Waals surface area contributed by atoms with Gasteiger partial charge in [0.1, 0.15) is 0 Å². The van der Waals surface area contributed by atoms with E-state index < -0.39 is 5.91 Å². The monoisotopic (exact) mass is 281 g/mol. The number of hydrogen-bond donors (Lipinski definition) is 2. The molecule has 1 amide bonds. The van der Waals surface area contributed by atoms with Gasteiger partial charge in [-0.15, -0.1) is 5.10 Å². The Morgan fingerprint density at radius 1 is 1.14 bits per heavy atom. The Hall–Kier alpha value is -3.06. The van der Waals surface area contributed by atoms with Crippen molar-refractivity contribution < 1.29 is 10.0 Å². The minimum Gasteiger partial charge on any atom is -0.288 e. The van der Waals surface area contributed by atoms with Gasteiger partial charge in [-0.2, -0.15) is 0 Å². The van der Waals surface area contributed by atoms with Gasteiger partial charge >= 0.3 is 5.91 Å². The van der Waals surface area contributed by atoms with Gasteiger partial charge in [0.15, 0.2) is 5.82 Å². The molecule has 2 N–H and O–H groups in total. The van der Waals surface area contributed by atoms with E-state index in [1.54, 1.807) is 24.5 Å². The molecule has 2 aromatic heterocycles. The molecule has 0 saturated heterocycles. The van der Waals surface area contributed by atoms with Gasteiger partial charge in [0.25, 0.3) is 0 Å². The Morgan fingerprint density at radius 2 is 1.95 bits per heavy atom. The van der Waals surface area contributed by atoms with Gasteiger partial charge in [-0.05, 0) is 12.1 Å². The number of pyridine rings is 1. The molecule has 3 aromatic rings. The molecule has 0 radical (unpaired) electrons. The highest BCUT2D eigenvalue weighted by molar-refractivity contribution is 5.90. The van der Waals surface area contributed by atoms with E-state index in [2.05, 4.69) is 15.1 Å². The van der Waals surface area contributed by atoms with Gasteiger partial charge in [0, 0.05) is 11.8 Å². The molecular formula is C14H11N5O2. The molecule has 7 nitrogen and oxygen atoms in total. The van der Waals surface area contributed by atoms with Crippen LogP contribution in [0.2, 0.25) is 0 Å². The Bertz CT molecular complexity index is 699. The molecule has 2 heterocycles. The Balaban J connectivity index is 2.18. The Kier molecular flexibility index (Phi) is 3.40. The average molecular weight is 281 g/mol. The molecule has 0 spiro atoms. The maximum Gasteiger partial charge on any atom is 0.314 e. The van der Waals surface area contributed by atoms with E-state index in [1.165, 1.54) is 10.2 Å². The number of rotatable bonds is 3. The van der Waals surface area contributed by atoms with Crippen molar-refractivity contribution in [2.75, 3.05) is 0 Å². The summed E-state index contributed by atoms with van der Waals surface area (Å²) < 4.78 is 1.51. The molecule has 0 bridgehead atoms. The van der Waals surface area contributed by atoms with E-state index in [4.69, 9.17) is 5.21 Å². The van der Waals surface area contributed by atoms with E-state index in [9.17, 15) is 4.79 Å². The fourth-order valence-electron chi connectivity index (χ4n) is 1.89. The standard InChI is InChI=1S/C14H11N5O2/c20-14(18-21)12-16-13(10-5-2-1-3-6-10)19(17-12)11-7-4-8-15-9-11/h1-9,21H,(H,18,20). The number of benzene rings is 1. The van der Waals surface area contributed by atoms with Crippen molar-refractivity contribution in [3.63, 3.8) is 0 Å². The molecule has 3 rings (SSSR count). The van der Waals surface area contributed by atoms with Gasteiger partial charge in [0.05, 0.1) is 11.9 Å². The summed E-state index contributed by atoms with van der Waals surface area (Å²) in [5.41, 5.74) is 3.00. The van der Waals surface area contributed by atoms with Crippen molar-refractivity contribution in [1.82, 2.24) is 25.2 Å². The Labute approximate surface area is 119 Å². The predicted octanol–water partition coefficient (Wildman–Crippen LogP) is 1.45. The smallest absolute Gasteiger partial charge is 0.288 e. The first kappa shape index (κ1) is 12.9. The molecule has 21 heavy (non-hydrogen) atoms. The van der Waals surface area contributed by atoms with Crippen molar-refractivity contribution in [1.29, 1.82) is 0 Å². The first-order chi connectivity index (χ1) is 10.3. The van der Waals surface area contributed by atoms with Crippen LogP contribution in [0.15, 0.2) is 54.9 Å². The fourth-order valence-corrected chi connectivity index (χ4v) is 1.89. The number of nitrogens with zero attached hydrogens (tertiary/aromatic N) is 4. The average Bonchev–Trinajstić information content (AvgIpc) is 3.01. The van der Waals surface area contributed by atoms with Crippen molar-refractivity contribution in [3.8, 4) is 17.1 Å². The van der Waals surface area contributed by atoms with Crippen LogP contribution in [0.25, 0.3) is 17.1 Å². The van der Waals surface area contributed by atoms with Crippen LogP contribution in [0.1, 0.15) is 10.6 Å². The summed E-state index contributed by atoms with van der Waals surface area (Å²) in [5, 5.41) is 12.8. The molecule has 104 valence electrons. The zero-order valence-electron chi connectivity index (χ0n) is 10.8. The van der Waals surface area contributed by atoms with Crippen LogP contribution in [0.3, 0.4) is 0 Å². The van der Waals surface area contributed by atoms with Crippen molar-refractivity contribution in [3.05, 3.63) is 60.7 Å². The van der Waals surface area contributed by atoms with Gasteiger partial charge in [-0.1, -0.05) is 30.3 Å². The van der Waals surface area contributed by atoms with E-state index >= 15 is 0 Å². The number of carbonyl (C=O) groups excluding carboxylic acids is 1. The maximum absolute atomic E-state index is 11.5. The van der Waals surface area contributed by atoms with Crippen LogP contribution in [-0.4, -0.2) is 30.9 Å². The van der Waals surface area contributed by atoms with E-state index in [-0.39, 0.29) is 5.82 Å². The van der Waals surface area contributed by atoms with Crippen LogP contribution in [0.4, 0.5) is 0 Å². The maximum atomic E-state index is 11.5. The summed E-state index contributed by atoms with van der Waals surface area (Å²) >= 11 is 0. The van der Waals surface area contributed by atoms with Crippen molar-refractivity contribution in [2.24, 2.45) is 0 Å². The first-order valence-corrected chi connectivity index (χ1v) is 6.17. The minimum atomic E-state index is -0.769. The molecule has 0 saturated carbocycles. The molecule has 0 unspecified atom stereocenters. The first-order valence-electron chi connectivity index (χ1n) is 6.17. The predicted molar refractivity (Wildman–Crippen MR) is 73.8 cm³/mol. The second-order valence-electron chi connectivity index (χ2n) is 4.19.